The standard InChI is InChI=1S/C32H33N7O4/c1-19(2)26(36-25(40)18-39-24(20-11-7-6-8-12-20)17-35-28(33-5)30(39)42)27(41)29-37-38-31(43-29)32(3,4)22-15-21-13-9-10-14-23(21)34-16-22/h6-17,19,26H,18H2,1-5H3,(H,33,35)(H,36,40)/t26-/m0/s1. The molecule has 5 rings (SSSR count). The number of aromatic nitrogens is 5. The molecular weight excluding hydrogens is 546 g/mol. The van der Waals surface area contributed by atoms with E-state index in [0.29, 0.717) is 5.69 Å². The van der Waals surface area contributed by atoms with Gasteiger partial charge in [-0.25, -0.2) is 4.98 Å². The summed E-state index contributed by atoms with van der Waals surface area (Å²) in [5.74, 6) is -1.21. The van der Waals surface area contributed by atoms with E-state index in [0.717, 1.165) is 22.0 Å². The fourth-order valence-electron chi connectivity index (χ4n) is 4.80. The molecule has 43 heavy (non-hydrogen) atoms. The zero-order valence-corrected chi connectivity index (χ0v) is 24.7. The minimum Gasteiger partial charge on any atom is -0.417 e. The summed E-state index contributed by atoms with van der Waals surface area (Å²) in [6.07, 6.45) is 3.29. The summed E-state index contributed by atoms with van der Waals surface area (Å²) in [6.45, 7) is 7.11. The van der Waals surface area contributed by atoms with Crippen LogP contribution < -0.4 is 16.2 Å². The lowest BCUT2D eigenvalue weighted by atomic mass is 9.85. The lowest BCUT2D eigenvalue weighted by molar-refractivity contribution is -0.122. The second-order valence-electron chi connectivity index (χ2n) is 11.1. The van der Waals surface area contributed by atoms with Crippen molar-refractivity contribution in [1.29, 1.82) is 0 Å². The first kappa shape index (κ1) is 29.3. The van der Waals surface area contributed by atoms with Gasteiger partial charge in [0.25, 0.3) is 11.4 Å². The molecule has 1 atom stereocenters. The largest absolute Gasteiger partial charge is 0.417 e. The van der Waals surface area contributed by atoms with Crippen molar-refractivity contribution in [1.82, 2.24) is 30.0 Å². The molecule has 220 valence electrons. The van der Waals surface area contributed by atoms with Gasteiger partial charge in [-0.1, -0.05) is 62.4 Å². The van der Waals surface area contributed by atoms with Crippen LogP contribution in [-0.4, -0.2) is 49.5 Å². The zero-order valence-electron chi connectivity index (χ0n) is 24.7. The zero-order chi connectivity index (χ0) is 30.7. The van der Waals surface area contributed by atoms with Crippen LogP contribution in [0.2, 0.25) is 0 Å². The van der Waals surface area contributed by atoms with Crippen molar-refractivity contribution in [3.05, 3.63) is 101 Å². The van der Waals surface area contributed by atoms with E-state index < -0.39 is 28.7 Å². The number of para-hydroxylation sites is 1. The van der Waals surface area contributed by atoms with E-state index in [2.05, 4.69) is 30.8 Å². The molecule has 2 aromatic carbocycles. The summed E-state index contributed by atoms with van der Waals surface area (Å²) < 4.78 is 7.24. The molecule has 1 amide bonds. The molecule has 0 saturated carbocycles. The van der Waals surface area contributed by atoms with Crippen molar-refractivity contribution in [2.45, 2.75) is 45.7 Å². The summed E-state index contributed by atoms with van der Waals surface area (Å²) in [6, 6.07) is 18.0. The predicted molar refractivity (Wildman–Crippen MR) is 163 cm³/mol. The Balaban J connectivity index is 1.38. The van der Waals surface area contributed by atoms with Gasteiger partial charge < -0.3 is 15.1 Å². The topological polar surface area (TPSA) is 145 Å². The van der Waals surface area contributed by atoms with Crippen molar-refractivity contribution in [3.8, 4) is 11.3 Å². The molecule has 0 aliphatic rings. The molecule has 0 unspecified atom stereocenters. The molecule has 0 aliphatic carbocycles. The van der Waals surface area contributed by atoms with Crippen LogP contribution in [0.5, 0.6) is 0 Å². The first-order valence-corrected chi connectivity index (χ1v) is 14.0. The van der Waals surface area contributed by atoms with Crippen molar-refractivity contribution in [2.75, 3.05) is 12.4 Å². The van der Waals surface area contributed by atoms with Gasteiger partial charge in [-0.2, -0.15) is 0 Å². The fourth-order valence-corrected chi connectivity index (χ4v) is 4.80. The van der Waals surface area contributed by atoms with Crippen LogP contribution in [0.25, 0.3) is 22.2 Å². The molecule has 0 aliphatic heterocycles. The summed E-state index contributed by atoms with van der Waals surface area (Å²) in [5.41, 5.74) is 1.71. The van der Waals surface area contributed by atoms with Gasteiger partial charge in [0.15, 0.2) is 5.82 Å². The summed E-state index contributed by atoms with van der Waals surface area (Å²) >= 11 is 0. The Kier molecular flexibility index (Phi) is 8.16. The first-order valence-electron chi connectivity index (χ1n) is 14.0. The smallest absolute Gasteiger partial charge is 0.294 e. The van der Waals surface area contributed by atoms with Crippen molar-refractivity contribution in [3.63, 3.8) is 0 Å². The lowest BCUT2D eigenvalue weighted by Gasteiger charge is -2.22. The number of hydrogen-bond acceptors (Lipinski definition) is 9. The Bertz CT molecular complexity index is 1840. The molecule has 0 saturated heterocycles. The first-order chi connectivity index (χ1) is 20.6. The van der Waals surface area contributed by atoms with E-state index in [4.69, 9.17) is 4.42 Å². The Labute approximate surface area is 248 Å². The molecule has 0 spiro atoms. The van der Waals surface area contributed by atoms with Crippen LogP contribution in [-0.2, 0) is 16.8 Å². The van der Waals surface area contributed by atoms with Crippen molar-refractivity contribution in [2.24, 2.45) is 5.92 Å². The minimum absolute atomic E-state index is 0.103. The number of rotatable bonds is 10. The molecule has 11 nitrogen and oxygen atoms in total. The average molecular weight is 580 g/mol. The van der Waals surface area contributed by atoms with Crippen LogP contribution in [0.3, 0.4) is 0 Å². The van der Waals surface area contributed by atoms with E-state index in [1.54, 1.807) is 27.1 Å². The molecule has 3 heterocycles. The third-order valence-corrected chi connectivity index (χ3v) is 7.41. The number of nitrogens with zero attached hydrogens (tertiary/aromatic N) is 5. The third kappa shape index (κ3) is 5.92. The van der Waals surface area contributed by atoms with E-state index in [9.17, 15) is 14.4 Å². The van der Waals surface area contributed by atoms with E-state index in [-0.39, 0.29) is 30.1 Å². The number of benzene rings is 2. The summed E-state index contributed by atoms with van der Waals surface area (Å²) in [4.78, 5) is 48.8. The normalized spacial score (nSPS) is 12.3. The van der Waals surface area contributed by atoms with Crippen LogP contribution in [0.15, 0.2) is 82.3 Å². The van der Waals surface area contributed by atoms with Crippen molar-refractivity contribution < 1.29 is 14.0 Å². The number of hydrogen-bond donors (Lipinski definition) is 2. The molecule has 11 heteroatoms. The summed E-state index contributed by atoms with van der Waals surface area (Å²) in [7, 11) is 1.58. The number of nitrogens with one attached hydrogen (secondary N) is 2. The SMILES string of the molecule is CNc1ncc(-c2ccccc2)n(CC(=O)N[C@H](C(=O)c2nnc(C(C)(C)c3cnc4ccccc4c3)o2)C(C)C)c1=O. The quantitative estimate of drug-likeness (QED) is 0.232. The van der Waals surface area contributed by atoms with Crippen LogP contribution in [0, 0.1) is 5.92 Å². The van der Waals surface area contributed by atoms with Gasteiger partial charge in [0.1, 0.15) is 6.54 Å². The highest BCUT2D eigenvalue weighted by Crippen LogP contribution is 2.32. The predicted octanol–water partition coefficient (Wildman–Crippen LogP) is 4.23. The van der Waals surface area contributed by atoms with Gasteiger partial charge in [-0.05, 0) is 43.0 Å². The number of carbonyl (C=O) groups excluding carboxylic acids is 2. The molecule has 0 bridgehead atoms. The van der Waals surface area contributed by atoms with E-state index in [1.807, 2.05) is 74.5 Å². The van der Waals surface area contributed by atoms with Gasteiger partial charge in [0.05, 0.1) is 28.9 Å². The number of carbonyl (C=O) groups is 2. The number of amides is 1. The Morgan fingerprint density at radius 1 is 0.977 bits per heavy atom. The van der Waals surface area contributed by atoms with Gasteiger partial charge in [-0.15, -0.1) is 10.2 Å². The number of ketones is 1. The second kappa shape index (κ2) is 12.0. The monoisotopic (exact) mass is 579 g/mol. The van der Waals surface area contributed by atoms with Crippen LogP contribution in [0.1, 0.15) is 49.8 Å². The highest BCUT2D eigenvalue weighted by Gasteiger charge is 2.34. The Morgan fingerprint density at radius 3 is 2.42 bits per heavy atom. The summed E-state index contributed by atoms with van der Waals surface area (Å²) in [5, 5.41) is 14.7. The number of anilines is 1. The maximum absolute atomic E-state index is 13.6. The number of fused-ring (bicyclic) bond motifs is 1. The number of pyridine rings is 1. The third-order valence-electron chi connectivity index (χ3n) is 7.41. The maximum atomic E-state index is 13.6. The molecule has 0 radical (unpaired) electrons. The molecule has 2 N–H and O–H groups in total. The maximum Gasteiger partial charge on any atom is 0.294 e. The lowest BCUT2D eigenvalue weighted by Crippen LogP contribution is -2.46. The average Bonchev–Trinajstić information content (AvgIpc) is 3.52. The van der Waals surface area contributed by atoms with Gasteiger partial charge in [-0.3, -0.25) is 23.9 Å². The molecular formula is C32H33N7O4. The van der Waals surface area contributed by atoms with Gasteiger partial charge >= 0.3 is 0 Å². The Morgan fingerprint density at radius 2 is 1.70 bits per heavy atom. The Hall–Kier alpha value is -5.19. The molecule has 3 aromatic heterocycles. The molecule has 5 aromatic rings. The second-order valence-corrected chi connectivity index (χ2v) is 11.1. The van der Waals surface area contributed by atoms with Crippen LogP contribution >= 0.6 is 0 Å². The number of Topliss-reactive ketones (excluding diaryl/α,β-unsaturated/α-hetero) is 1. The minimum atomic E-state index is -0.965. The highest BCUT2D eigenvalue weighted by molar-refractivity contribution is 5.98. The van der Waals surface area contributed by atoms with Crippen molar-refractivity contribution >= 4 is 28.4 Å². The van der Waals surface area contributed by atoms with E-state index in [1.165, 1.54) is 10.8 Å². The van der Waals surface area contributed by atoms with Gasteiger partial charge in [0.2, 0.25) is 17.6 Å². The van der Waals surface area contributed by atoms with Crippen LogP contribution in [0.4, 0.5) is 5.82 Å². The fraction of sp³-hybridized carbons (Fsp3) is 0.281. The molecule has 0 fully saturated rings. The van der Waals surface area contributed by atoms with E-state index >= 15 is 0 Å². The van der Waals surface area contributed by atoms with Gasteiger partial charge in [0, 0.05) is 18.6 Å². The highest BCUT2D eigenvalue weighted by atomic mass is 16.4.